The standard InChI is InChI=1S/C26H24FN5O2/c1-16-17(2)31-32(18(16)3)23-14-24(29-15-28-23)34-22-10-8-21(9-11-22)30-25(33)26(12-13-26)19-4-6-20(27)7-5-19/h4-11,14-15H,12-13H2,1-3H3,(H,30,33). The summed E-state index contributed by atoms with van der Waals surface area (Å²) in [7, 11) is 0. The van der Waals surface area contributed by atoms with Gasteiger partial charge in [-0.1, -0.05) is 12.1 Å². The molecular weight excluding hydrogens is 433 g/mol. The summed E-state index contributed by atoms with van der Waals surface area (Å²) in [6.45, 7) is 5.98. The zero-order valence-electron chi connectivity index (χ0n) is 19.2. The number of carbonyl (C=O) groups excluding carboxylic acids is 1. The third-order valence-electron chi connectivity index (χ3n) is 6.41. The van der Waals surface area contributed by atoms with Crippen molar-refractivity contribution in [2.75, 3.05) is 5.32 Å². The van der Waals surface area contributed by atoms with Gasteiger partial charge in [0.15, 0.2) is 5.82 Å². The topological polar surface area (TPSA) is 81.9 Å². The van der Waals surface area contributed by atoms with Crippen molar-refractivity contribution in [2.24, 2.45) is 0 Å². The van der Waals surface area contributed by atoms with E-state index in [4.69, 9.17) is 4.74 Å². The molecule has 2 aromatic carbocycles. The predicted molar refractivity (Wildman–Crippen MR) is 126 cm³/mol. The van der Waals surface area contributed by atoms with E-state index in [2.05, 4.69) is 20.4 Å². The summed E-state index contributed by atoms with van der Waals surface area (Å²) in [5.41, 5.74) is 3.99. The molecule has 1 amide bonds. The third-order valence-corrected chi connectivity index (χ3v) is 6.41. The van der Waals surface area contributed by atoms with Gasteiger partial charge in [0.25, 0.3) is 0 Å². The van der Waals surface area contributed by atoms with Gasteiger partial charge >= 0.3 is 0 Å². The zero-order chi connectivity index (χ0) is 23.9. The van der Waals surface area contributed by atoms with E-state index >= 15 is 0 Å². The fraction of sp³-hybridized carbons (Fsp3) is 0.231. The van der Waals surface area contributed by atoms with Crippen LogP contribution in [0, 0.1) is 26.6 Å². The maximum atomic E-state index is 13.3. The molecule has 0 radical (unpaired) electrons. The number of aromatic nitrogens is 4. The summed E-state index contributed by atoms with van der Waals surface area (Å²) in [5.74, 6) is 1.19. The molecule has 0 atom stereocenters. The first-order valence-electron chi connectivity index (χ1n) is 11.1. The second-order valence-corrected chi connectivity index (χ2v) is 8.59. The smallest absolute Gasteiger partial charge is 0.235 e. The van der Waals surface area contributed by atoms with Gasteiger partial charge in [-0.15, -0.1) is 0 Å². The fourth-order valence-corrected chi connectivity index (χ4v) is 3.96. The summed E-state index contributed by atoms with van der Waals surface area (Å²) < 4.78 is 20.9. The van der Waals surface area contributed by atoms with Crippen molar-refractivity contribution in [1.29, 1.82) is 0 Å². The summed E-state index contributed by atoms with van der Waals surface area (Å²) in [6, 6.07) is 15.0. The Balaban J connectivity index is 1.27. The number of nitrogens with zero attached hydrogens (tertiary/aromatic N) is 4. The molecular formula is C26H24FN5O2. The van der Waals surface area contributed by atoms with Crippen LogP contribution >= 0.6 is 0 Å². The van der Waals surface area contributed by atoms with Crippen LogP contribution in [0.2, 0.25) is 0 Å². The summed E-state index contributed by atoms with van der Waals surface area (Å²) in [6.07, 6.45) is 2.93. The minimum absolute atomic E-state index is 0.0894. The van der Waals surface area contributed by atoms with Gasteiger partial charge in [-0.3, -0.25) is 4.79 Å². The van der Waals surface area contributed by atoms with Crippen LogP contribution in [0.15, 0.2) is 60.9 Å². The van der Waals surface area contributed by atoms with Crippen LogP contribution in [0.1, 0.15) is 35.4 Å². The second-order valence-electron chi connectivity index (χ2n) is 8.59. The number of halogens is 1. The Kier molecular flexibility index (Phi) is 5.36. The molecule has 0 saturated heterocycles. The van der Waals surface area contributed by atoms with E-state index in [9.17, 15) is 9.18 Å². The Morgan fingerprint density at radius 3 is 2.35 bits per heavy atom. The molecule has 34 heavy (non-hydrogen) atoms. The number of hydrogen-bond donors (Lipinski definition) is 1. The van der Waals surface area contributed by atoms with Gasteiger partial charge < -0.3 is 10.1 Å². The van der Waals surface area contributed by atoms with Gasteiger partial charge in [-0.25, -0.2) is 19.0 Å². The number of aryl methyl sites for hydroxylation is 1. The van der Waals surface area contributed by atoms with Gasteiger partial charge in [0.2, 0.25) is 11.8 Å². The molecule has 0 spiro atoms. The summed E-state index contributed by atoms with van der Waals surface area (Å²) in [4.78, 5) is 21.4. The Bertz CT molecular complexity index is 1360. The van der Waals surface area contributed by atoms with Gasteiger partial charge in [-0.2, -0.15) is 5.10 Å². The molecule has 1 N–H and O–H groups in total. The number of anilines is 1. The average molecular weight is 458 g/mol. The maximum absolute atomic E-state index is 13.3. The fourth-order valence-electron chi connectivity index (χ4n) is 3.96. The van der Waals surface area contributed by atoms with E-state index in [1.807, 2.05) is 20.8 Å². The number of nitrogens with one attached hydrogen (secondary N) is 1. The largest absolute Gasteiger partial charge is 0.439 e. The first-order valence-corrected chi connectivity index (χ1v) is 11.1. The molecule has 172 valence electrons. The van der Waals surface area contributed by atoms with E-state index in [0.717, 1.165) is 35.4 Å². The SMILES string of the molecule is Cc1nn(-c2cc(Oc3ccc(NC(=O)C4(c5ccc(F)cc5)CC4)cc3)ncn2)c(C)c1C. The van der Waals surface area contributed by atoms with Crippen LogP contribution in [0.3, 0.4) is 0 Å². The van der Waals surface area contributed by atoms with E-state index in [0.29, 0.717) is 23.1 Å². The molecule has 7 nitrogen and oxygen atoms in total. The van der Waals surface area contributed by atoms with Crippen molar-refractivity contribution < 1.29 is 13.9 Å². The average Bonchev–Trinajstić information content (AvgIpc) is 3.61. The molecule has 4 aromatic rings. The number of rotatable bonds is 6. The van der Waals surface area contributed by atoms with E-state index in [1.54, 1.807) is 47.1 Å². The Labute approximate surface area is 196 Å². The van der Waals surface area contributed by atoms with Crippen molar-refractivity contribution in [3.63, 3.8) is 0 Å². The summed E-state index contributed by atoms with van der Waals surface area (Å²) >= 11 is 0. The Morgan fingerprint density at radius 2 is 1.74 bits per heavy atom. The quantitative estimate of drug-likeness (QED) is 0.431. The molecule has 1 fully saturated rings. The normalized spacial score (nSPS) is 14.0. The molecule has 0 aliphatic heterocycles. The Morgan fingerprint density at radius 1 is 1.03 bits per heavy atom. The molecule has 1 saturated carbocycles. The molecule has 1 aliphatic carbocycles. The Hall–Kier alpha value is -4.07. The second kappa shape index (κ2) is 8.37. The van der Waals surface area contributed by atoms with E-state index in [-0.39, 0.29) is 11.7 Å². The zero-order valence-corrected chi connectivity index (χ0v) is 19.2. The number of carbonyl (C=O) groups is 1. The summed E-state index contributed by atoms with van der Waals surface area (Å²) in [5, 5.41) is 7.50. The highest BCUT2D eigenvalue weighted by molar-refractivity contribution is 6.01. The van der Waals surface area contributed by atoms with Crippen LogP contribution in [0.4, 0.5) is 10.1 Å². The highest BCUT2D eigenvalue weighted by atomic mass is 19.1. The lowest BCUT2D eigenvalue weighted by Crippen LogP contribution is -2.27. The first-order chi connectivity index (χ1) is 16.4. The number of ether oxygens (including phenoxy) is 1. The molecule has 0 bridgehead atoms. The number of benzene rings is 2. The minimum atomic E-state index is -0.582. The number of amides is 1. The minimum Gasteiger partial charge on any atom is -0.439 e. The lowest BCUT2D eigenvalue weighted by Gasteiger charge is -2.16. The maximum Gasteiger partial charge on any atom is 0.235 e. The molecule has 1 aliphatic rings. The lowest BCUT2D eigenvalue weighted by atomic mass is 9.95. The van der Waals surface area contributed by atoms with E-state index in [1.165, 1.54) is 18.5 Å². The predicted octanol–water partition coefficient (Wildman–Crippen LogP) is 5.19. The van der Waals surface area contributed by atoms with Crippen molar-refractivity contribution in [3.8, 4) is 17.4 Å². The van der Waals surface area contributed by atoms with Crippen molar-refractivity contribution in [3.05, 3.63) is 89.3 Å². The molecule has 8 heteroatoms. The van der Waals surface area contributed by atoms with Gasteiger partial charge in [-0.05, 0) is 81.1 Å². The van der Waals surface area contributed by atoms with Crippen LogP contribution in [0.5, 0.6) is 11.6 Å². The molecule has 2 heterocycles. The first kappa shape index (κ1) is 21.8. The van der Waals surface area contributed by atoms with Crippen LogP contribution < -0.4 is 10.1 Å². The van der Waals surface area contributed by atoms with Gasteiger partial charge in [0, 0.05) is 17.4 Å². The van der Waals surface area contributed by atoms with Gasteiger partial charge in [0.1, 0.15) is 17.9 Å². The lowest BCUT2D eigenvalue weighted by molar-refractivity contribution is -0.118. The van der Waals surface area contributed by atoms with Crippen molar-refractivity contribution in [1.82, 2.24) is 19.7 Å². The van der Waals surface area contributed by atoms with Crippen LogP contribution in [0.25, 0.3) is 5.82 Å². The highest BCUT2D eigenvalue weighted by Crippen LogP contribution is 2.49. The third kappa shape index (κ3) is 4.03. The molecule has 2 aromatic heterocycles. The van der Waals surface area contributed by atoms with Crippen LogP contribution in [-0.4, -0.2) is 25.7 Å². The van der Waals surface area contributed by atoms with Crippen molar-refractivity contribution >= 4 is 11.6 Å². The van der Waals surface area contributed by atoms with Gasteiger partial charge in [0.05, 0.1) is 11.1 Å². The molecule has 0 unspecified atom stereocenters. The van der Waals surface area contributed by atoms with Crippen molar-refractivity contribution in [2.45, 2.75) is 39.0 Å². The number of hydrogen-bond acceptors (Lipinski definition) is 5. The van der Waals surface area contributed by atoms with E-state index < -0.39 is 5.41 Å². The monoisotopic (exact) mass is 457 g/mol. The molecule has 5 rings (SSSR count). The highest BCUT2D eigenvalue weighted by Gasteiger charge is 2.51. The van der Waals surface area contributed by atoms with Crippen LogP contribution in [-0.2, 0) is 10.2 Å².